The van der Waals surface area contributed by atoms with E-state index in [1.165, 1.54) is 21.1 Å². The molecule has 2 saturated carbocycles. The average molecular weight is 797 g/mol. The number of ether oxygens (including phenoxy) is 4. The highest BCUT2D eigenvalue weighted by molar-refractivity contribution is 5.89. The van der Waals surface area contributed by atoms with Crippen molar-refractivity contribution in [2.75, 3.05) is 14.2 Å². The molecule has 306 valence electrons. The van der Waals surface area contributed by atoms with E-state index in [1.54, 1.807) is 24.3 Å². The van der Waals surface area contributed by atoms with Gasteiger partial charge in [-0.25, -0.2) is 0 Å². The van der Waals surface area contributed by atoms with Crippen LogP contribution in [0, 0.1) is 11.3 Å². The normalized spacial score (nSPS) is 23.7. The molecule has 3 N–H and O–H groups in total. The van der Waals surface area contributed by atoms with E-state index in [1.807, 2.05) is 60.7 Å². The maximum absolute atomic E-state index is 14.9. The van der Waals surface area contributed by atoms with Crippen LogP contribution in [0.25, 0.3) is 16.8 Å². The summed E-state index contributed by atoms with van der Waals surface area (Å²) >= 11 is 0. The van der Waals surface area contributed by atoms with E-state index in [4.69, 9.17) is 18.9 Å². The highest BCUT2D eigenvalue weighted by Gasteiger charge is 2.51. The maximum Gasteiger partial charge on any atom is 0.316 e. The van der Waals surface area contributed by atoms with Crippen molar-refractivity contribution in [3.63, 3.8) is 0 Å². The summed E-state index contributed by atoms with van der Waals surface area (Å²) in [6.07, 6.45) is 8.56. The molecule has 5 aromatic rings. The summed E-state index contributed by atoms with van der Waals surface area (Å²) in [6.45, 7) is 1.43. The Hall–Kier alpha value is -5.96. The second-order valence-corrected chi connectivity index (χ2v) is 16.8. The van der Waals surface area contributed by atoms with Gasteiger partial charge in [-0.05, 0) is 125 Å². The molecule has 5 aromatic carbocycles. The molecule has 9 nitrogen and oxygen atoms in total. The van der Waals surface area contributed by atoms with Gasteiger partial charge in [-0.3, -0.25) is 9.59 Å². The molecule has 5 atom stereocenters. The number of benzene rings is 5. The molecule has 0 aliphatic heterocycles. The number of hydrogen-bond acceptors (Lipinski definition) is 9. The number of carbonyl (C=O) groups excluding carboxylic acids is 2. The van der Waals surface area contributed by atoms with Crippen molar-refractivity contribution in [3.05, 3.63) is 131 Å². The fourth-order valence-electron chi connectivity index (χ4n) is 10.3. The lowest BCUT2D eigenvalue weighted by molar-refractivity contribution is -0.165. The summed E-state index contributed by atoms with van der Waals surface area (Å²) in [5.74, 6) is -0.144. The van der Waals surface area contributed by atoms with Crippen molar-refractivity contribution in [3.8, 4) is 28.7 Å². The third-order valence-corrected chi connectivity index (χ3v) is 13.2. The van der Waals surface area contributed by atoms with Crippen LogP contribution in [0.3, 0.4) is 0 Å². The van der Waals surface area contributed by atoms with E-state index >= 15 is 0 Å². The monoisotopic (exact) mass is 796 g/mol. The van der Waals surface area contributed by atoms with Crippen LogP contribution >= 0.6 is 0 Å². The number of esters is 2. The maximum atomic E-state index is 14.9. The summed E-state index contributed by atoms with van der Waals surface area (Å²) in [5.41, 5.74) is 3.38. The van der Waals surface area contributed by atoms with Gasteiger partial charge in [0.25, 0.3) is 0 Å². The lowest BCUT2D eigenvalue weighted by Gasteiger charge is -2.50. The Morgan fingerprint density at radius 2 is 1.47 bits per heavy atom. The number of carbonyl (C=O) groups is 2. The molecule has 0 amide bonds. The summed E-state index contributed by atoms with van der Waals surface area (Å²) in [6, 6.07) is 30.4. The second-order valence-electron chi connectivity index (χ2n) is 16.8. The fourth-order valence-corrected chi connectivity index (χ4v) is 10.3. The van der Waals surface area contributed by atoms with Crippen LogP contribution in [0.2, 0.25) is 0 Å². The summed E-state index contributed by atoms with van der Waals surface area (Å²) in [5, 5.41) is 33.6. The van der Waals surface area contributed by atoms with E-state index < -0.39 is 29.0 Å². The van der Waals surface area contributed by atoms with Crippen LogP contribution in [0.5, 0.6) is 28.7 Å². The highest BCUT2D eigenvalue weighted by Crippen LogP contribution is 2.55. The van der Waals surface area contributed by atoms with Crippen molar-refractivity contribution < 1.29 is 43.9 Å². The number of phenolic OH excluding ortho intramolecular Hbond substituents is 3. The molecule has 8 rings (SSSR count). The van der Waals surface area contributed by atoms with E-state index in [0.717, 1.165) is 51.4 Å². The van der Waals surface area contributed by atoms with E-state index in [9.17, 15) is 24.9 Å². The number of methoxy groups -OCH3 is 2. The van der Waals surface area contributed by atoms with E-state index in [2.05, 4.69) is 24.3 Å². The lowest BCUT2D eigenvalue weighted by Crippen LogP contribution is -2.49. The van der Waals surface area contributed by atoms with Gasteiger partial charge in [0.05, 0.1) is 19.6 Å². The molecule has 59 heavy (non-hydrogen) atoms. The zero-order valence-corrected chi connectivity index (χ0v) is 33.9. The SMILES string of the molecule is COc1cc(C2CC(OC(=O)C3(c4ccc5cc(O)ccc5c4)CCCC3)CC(OC(C)=O)C3Cc4cc(OC)c(O)cc4CC3(C=Cc3ccccc3)C2)ccc1O. The first-order chi connectivity index (χ1) is 28.5. The van der Waals surface area contributed by atoms with Crippen LogP contribution in [0.15, 0.2) is 103 Å². The zero-order valence-electron chi connectivity index (χ0n) is 33.9. The molecule has 0 radical (unpaired) electrons. The van der Waals surface area contributed by atoms with E-state index in [0.29, 0.717) is 50.0 Å². The van der Waals surface area contributed by atoms with Gasteiger partial charge in [-0.15, -0.1) is 0 Å². The summed E-state index contributed by atoms with van der Waals surface area (Å²) < 4.78 is 24.3. The van der Waals surface area contributed by atoms with E-state index in [-0.39, 0.29) is 41.5 Å². The quantitative estimate of drug-likeness (QED) is 0.125. The minimum atomic E-state index is -0.854. The lowest BCUT2D eigenvalue weighted by atomic mass is 9.56. The minimum absolute atomic E-state index is 0.0290. The number of hydrogen-bond donors (Lipinski definition) is 3. The van der Waals surface area contributed by atoms with Gasteiger partial charge in [0.2, 0.25) is 0 Å². The Kier molecular flexibility index (Phi) is 11.0. The van der Waals surface area contributed by atoms with Crippen LogP contribution in [0.4, 0.5) is 0 Å². The Morgan fingerprint density at radius 1 is 0.746 bits per heavy atom. The van der Waals surface area contributed by atoms with Gasteiger partial charge in [0.1, 0.15) is 18.0 Å². The van der Waals surface area contributed by atoms with Gasteiger partial charge in [-0.2, -0.15) is 0 Å². The van der Waals surface area contributed by atoms with Crippen LogP contribution in [-0.2, 0) is 37.3 Å². The first-order valence-electron chi connectivity index (χ1n) is 20.6. The molecule has 0 spiro atoms. The molecule has 2 fully saturated rings. The number of aromatic hydroxyl groups is 3. The number of fused-ring (bicyclic) bond motifs is 3. The number of allylic oxidation sites excluding steroid dienone is 1. The molecule has 0 bridgehead atoms. The fraction of sp³-hybridized carbons (Fsp3) is 0.360. The van der Waals surface area contributed by atoms with Gasteiger partial charge in [-0.1, -0.05) is 85.7 Å². The minimum Gasteiger partial charge on any atom is -0.508 e. The molecule has 3 aliphatic carbocycles. The Labute approximate surface area is 345 Å². The molecule has 0 saturated heterocycles. The third-order valence-electron chi connectivity index (χ3n) is 13.2. The van der Waals surface area contributed by atoms with Crippen molar-refractivity contribution in [2.45, 2.75) is 88.3 Å². The van der Waals surface area contributed by atoms with Crippen LogP contribution < -0.4 is 9.47 Å². The zero-order chi connectivity index (χ0) is 41.3. The van der Waals surface area contributed by atoms with Gasteiger partial charge in [0.15, 0.2) is 23.0 Å². The molecule has 0 heterocycles. The number of rotatable bonds is 9. The Morgan fingerprint density at radius 3 is 2.22 bits per heavy atom. The van der Waals surface area contributed by atoms with Crippen molar-refractivity contribution >= 4 is 28.8 Å². The first kappa shape index (κ1) is 39.8. The first-order valence-corrected chi connectivity index (χ1v) is 20.6. The molecule has 9 heteroatoms. The largest absolute Gasteiger partial charge is 0.508 e. The highest BCUT2D eigenvalue weighted by atomic mass is 16.6. The van der Waals surface area contributed by atoms with Crippen molar-refractivity contribution in [1.82, 2.24) is 0 Å². The van der Waals surface area contributed by atoms with Crippen LogP contribution in [-0.4, -0.2) is 53.7 Å². The standard InChI is InChI=1S/C50H52O9/c1-31(51)58-45-28-41(59-48(55)50(18-7-8-19-50)39-14-11-34-22-40(52)15-12-33(34)21-39)23-37(35-13-16-43(53)46(26-35)56-2)29-49(20-17-32-9-5-4-6-10-32)30-38-25-44(54)47(57-3)27-36(38)24-42(45)49/h4-6,9-17,20-22,25-27,37,41-42,45,52-54H,7-8,18-19,23-24,28-30H2,1-3H3. The van der Waals surface area contributed by atoms with Gasteiger partial charge < -0.3 is 34.3 Å². The average Bonchev–Trinajstić information content (AvgIpc) is 3.73. The molecule has 3 aliphatic rings. The third kappa shape index (κ3) is 7.95. The molecule has 0 aromatic heterocycles. The van der Waals surface area contributed by atoms with Crippen LogP contribution in [0.1, 0.15) is 85.6 Å². The van der Waals surface area contributed by atoms with Crippen molar-refractivity contribution in [1.29, 1.82) is 0 Å². The second kappa shape index (κ2) is 16.4. The van der Waals surface area contributed by atoms with Gasteiger partial charge in [0, 0.05) is 19.3 Å². The Balaban J connectivity index is 1.25. The smallest absolute Gasteiger partial charge is 0.316 e. The predicted molar refractivity (Wildman–Crippen MR) is 226 cm³/mol. The summed E-state index contributed by atoms with van der Waals surface area (Å²) in [7, 11) is 3.06. The predicted octanol–water partition coefficient (Wildman–Crippen LogP) is 9.71. The Bertz CT molecular complexity index is 2380. The molecule has 5 unspecified atom stereocenters. The topological polar surface area (TPSA) is 132 Å². The molecular formula is C50H52O9. The number of phenols is 3. The molecular weight excluding hydrogens is 745 g/mol. The van der Waals surface area contributed by atoms with Gasteiger partial charge >= 0.3 is 11.9 Å². The summed E-state index contributed by atoms with van der Waals surface area (Å²) in [4.78, 5) is 28.0. The van der Waals surface area contributed by atoms with Crippen molar-refractivity contribution in [2.24, 2.45) is 11.3 Å².